The fraction of sp³-hybridized carbons (Fsp3) is 0.409. The van der Waals surface area contributed by atoms with Crippen LogP contribution in [0, 0.1) is 19.8 Å². The van der Waals surface area contributed by atoms with Crippen molar-refractivity contribution in [2.45, 2.75) is 39.7 Å². The van der Waals surface area contributed by atoms with Crippen molar-refractivity contribution in [1.29, 1.82) is 0 Å². The zero-order valence-corrected chi connectivity index (χ0v) is 15.3. The summed E-state index contributed by atoms with van der Waals surface area (Å²) in [6.45, 7) is 6.39. The molecule has 0 unspecified atom stereocenters. The highest BCUT2D eigenvalue weighted by molar-refractivity contribution is 5.93. The van der Waals surface area contributed by atoms with E-state index in [9.17, 15) is 4.79 Å². The zero-order chi connectivity index (χ0) is 17.6. The highest BCUT2D eigenvalue weighted by Gasteiger charge is 2.22. The monoisotopic (exact) mass is 336 g/mol. The van der Waals surface area contributed by atoms with E-state index in [1.165, 1.54) is 30.4 Å². The molecule has 2 aromatic carbocycles. The molecule has 132 valence electrons. The van der Waals surface area contributed by atoms with Gasteiger partial charge in [-0.05, 0) is 49.8 Å². The molecule has 1 aliphatic carbocycles. The Morgan fingerprint density at radius 3 is 2.52 bits per heavy atom. The van der Waals surface area contributed by atoms with Crippen molar-refractivity contribution in [3.8, 4) is 0 Å². The van der Waals surface area contributed by atoms with Crippen LogP contribution >= 0.6 is 0 Å². The van der Waals surface area contributed by atoms with Gasteiger partial charge in [-0.3, -0.25) is 9.69 Å². The second kappa shape index (κ2) is 8.30. The van der Waals surface area contributed by atoms with E-state index in [1.54, 1.807) is 0 Å². The van der Waals surface area contributed by atoms with Crippen molar-refractivity contribution in [2.75, 3.05) is 18.4 Å². The number of carbonyl (C=O) groups is 1. The first kappa shape index (κ1) is 17.7. The number of nitrogens with one attached hydrogen (secondary N) is 1. The summed E-state index contributed by atoms with van der Waals surface area (Å²) in [5.74, 6) is 0.819. The van der Waals surface area contributed by atoms with Crippen LogP contribution in [-0.4, -0.2) is 23.9 Å². The van der Waals surface area contributed by atoms with E-state index < -0.39 is 0 Å². The standard InChI is InChI=1S/C22H28N2O/c1-17-11-12-21(18(2)13-17)23-22(25)16-24(15-20-9-6-10-20)14-19-7-4-3-5-8-19/h3-5,7-8,11-13,20H,6,9-10,14-16H2,1-2H3,(H,23,25). The molecule has 1 saturated carbocycles. The maximum Gasteiger partial charge on any atom is 0.238 e. The average Bonchev–Trinajstić information content (AvgIpc) is 2.54. The lowest BCUT2D eigenvalue weighted by Crippen LogP contribution is -2.38. The Balaban J connectivity index is 1.62. The van der Waals surface area contributed by atoms with Gasteiger partial charge >= 0.3 is 0 Å². The van der Waals surface area contributed by atoms with Crippen LogP contribution in [0.15, 0.2) is 48.5 Å². The van der Waals surface area contributed by atoms with Gasteiger partial charge in [0.15, 0.2) is 0 Å². The van der Waals surface area contributed by atoms with E-state index in [0.717, 1.165) is 30.3 Å². The average molecular weight is 336 g/mol. The Labute approximate surface area is 151 Å². The number of rotatable bonds is 7. The Kier molecular flexibility index (Phi) is 5.87. The van der Waals surface area contributed by atoms with Gasteiger partial charge in [0.1, 0.15) is 0 Å². The van der Waals surface area contributed by atoms with Crippen molar-refractivity contribution < 1.29 is 4.79 Å². The maximum absolute atomic E-state index is 12.6. The lowest BCUT2D eigenvalue weighted by atomic mass is 9.85. The predicted molar refractivity (Wildman–Crippen MR) is 104 cm³/mol. The normalized spacial score (nSPS) is 14.4. The molecule has 0 spiro atoms. The van der Waals surface area contributed by atoms with E-state index in [0.29, 0.717) is 6.54 Å². The molecule has 2 aromatic rings. The van der Waals surface area contributed by atoms with Crippen LogP contribution in [-0.2, 0) is 11.3 Å². The first-order valence-electron chi connectivity index (χ1n) is 9.23. The molecule has 0 radical (unpaired) electrons. The number of hydrogen-bond donors (Lipinski definition) is 1. The van der Waals surface area contributed by atoms with Gasteiger partial charge in [0.2, 0.25) is 5.91 Å². The number of anilines is 1. The molecule has 25 heavy (non-hydrogen) atoms. The Morgan fingerprint density at radius 2 is 1.88 bits per heavy atom. The van der Waals surface area contributed by atoms with Crippen molar-refractivity contribution in [3.63, 3.8) is 0 Å². The molecule has 1 fully saturated rings. The Morgan fingerprint density at radius 1 is 1.12 bits per heavy atom. The maximum atomic E-state index is 12.6. The third-order valence-electron chi connectivity index (χ3n) is 5.01. The summed E-state index contributed by atoms with van der Waals surface area (Å²) in [5.41, 5.74) is 4.51. The minimum atomic E-state index is 0.0715. The van der Waals surface area contributed by atoms with Gasteiger partial charge in [0.05, 0.1) is 6.54 Å². The molecular weight excluding hydrogens is 308 g/mol. The molecule has 1 aliphatic rings. The fourth-order valence-electron chi connectivity index (χ4n) is 3.41. The van der Waals surface area contributed by atoms with Gasteiger partial charge in [0.25, 0.3) is 0 Å². The minimum absolute atomic E-state index is 0.0715. The van der Waals surface area contributed by atoms with Gasteiger partial charge in [-0.25, -0.2) is 0 Å². The van der Waals surface area contributed by atoms with Crippen LogP contribution in [0.25, 0.3) is 0 Å². The summed E-state index contributed by atoms with van der Waals surface area (Å²) in [7, 11) is 0. The van der Waals surface area contributed by atoms with E-state index in [2.05, 4.69) is 47.5 Å². The van der Waals surface area contributed by atoms with Crippen LogP contribution in [0.4, 0.5) is 5.69 Å². The zero-order valence-electron chi connectivity index (χ0n) is 15.3. The highest BCUT2D eigenvalue weighted by Crippen LogP contribution is 2.27. The van der Waals surface area contributed by atoms with Gasteiger partial charge in [0, 0.05) is 18.8 Å². The summed E-state index contributed by atoms with van der Waals surface area (Å²) in [5, 5.41) is 3.08. The van der Waals surface area contributed by atoms with Crippen molar-refractivity contribution in [1.82, 2.24) is 4.90 Å². The van der Waals surface area contributed by atoms with Crippen LogP contribution in [0.5, 0.6) is 0 Å². The molecule has 0 bridgehead atoms. The molecule has 1 amide bonds. The highest BCUT2D eigenvalue weighted by atomic mass is 16.2. The van der Waals surface area contributed by atoms with Gasteiger partial charge in [-0.2, -0.15) is 0 Å². The van der Waals surface area contributed by atoms with Gasteiger partial charge in [-0.15, -0.1) is 0 Å². The van der Waals surface area contributed by atoms with Crippen molar-refractivity contribution in [3.05, 3.63) is 65.2 Å². The lowest BCUT2D eigenvalue weighted by molar-refractivity contribution is -0.117. The van der Waals surface area contributed by atoms with Crippen molar-refractivity contribution >= 4 is 11.6 Å². The first-order chi connectivity index (χ1) is 12.1. The van der Waals surface area contributed by atoms with Crippen molar-refractivity contribution in [2.24, 2.45) is 5.92 Å². The molecule has 0 aromatic heterocycles. The molecule has 0 heterocycles. The van der Waals surface area contributed by atoms with E-state index in [1.807, 2.05) is 25.1 Å². The molecule has 0 aliphatic heterocycles. The number of nitrogens with zero attached hydrogens (tertiary/aromatic N) is 1. The predicted octanol–water partition coefficient (Wildman–Crippen LogP) is 4.54. The first-order valence-corrected chi connectivity index (χ1v) is 9.23. The molecule has 1 N–H and O–H groups in total. The van der Waals surface area contributed by atoms with Crippen LogP contribution < -0.4 is 5.32 Å². The Bertz CT molecular complexity index is 707. The summed E-state index contributed by atoms with van der Waals surface area (Å²) in [4.78, 5) is 14.9. The lowest BCUT2D eigenvalue weighted by Gasteiger charge is -2.32. The topological polar surface area (TPSA) is 32.3 Å². The second-order valence-corrected chi connectivity index (χ2v) is 7.32. The second-order valence-electron chi connectivity index (χ2n) is 7.32. The molecule has 0 atom stereocenters. The van der Waals surface area contributed by atoms with E-state index >= 15 is 0 Å². The van der Waals surface area contributed by atoms with E-state index in [-0.39, 0.29) is 5.91 Å². The largest absolute Gasteiger partial charge is 0.325 e. The number of carbonyl (C=O) groups excluding carboxylic acids is 1. The summed E-state index contributed by atoms with van der Waals surface area (Å²) < 4.78 is 0. The molecule has 3 heteroatoms. The Hall–Kier alpha value is -2.13. The minimum Gasteiger partial charge on any atom is -0.325 e. The summed E-state index contributed by atoms with van der Waals surface area (Å²) in [6.07, 6.45) is 3.92. The van der Waals surface area contributed by atoms with Crippen LogP contribution in [0.2, 0.25) is 0 Å². The summed E-state index contributed by atoms with van der Waals surface area (Å²) in [6, 6.07) is 16.6. The number of hydrogen-bond acceptors (Lipinski definition) is 2. The smallest absolute Gasteiger partial charge is 0.238 e. The third-order valence-corrected chi connectivity index (χ3v) is 5.01. The van der Waals surface area contributed by atoms with Gasteiger partial charge < -0.3 is 5.32 Å². The molecule has 0 saturated heterocycles. The quantitative estimate of drug-likeness (QED) is 0.805. The number of benzene rings is 2. The summed E-state index contributed by atoms with van der Waals surface area (Å²) >= 11 is 0. The molecular formula is C22H28N2O. The van der Waals surface area contributed by atoms with Gasteiger partial charge in [-0.1, -0.05) is 54.4 Å². The molecule has 3 rings (SSSR count). The molecule has 3 nitrogen and oxygen atoms in total. The SMILES string of the molecule is Cc1ccc(NC(=O)CN(Cc2ccccc2)CC2CCC2)c(C)c1. The number of aryl methyl sites for hydroxylation is 2. The van der Waals surface area contributed by atoms with Crippen LogP contribution in [0.3, 0.4) is 0 Å². The fourth-order valence-corrected chi connectivity index (χ4v) is 3.41. The third kappa shape index (κ3) is 5.17. The number of amides is 1. The van der Waals surface area contributed by atoms with Crippen LogP contribution in [0.1, 0.15) is 36.0 Å². The van der Waals surface area contributed by atoms with E-state index in [4.69, 9.17) is 0 Å².